The van der Waals surface area contributed by atoms with Gasteiger partial charge in [0.2, 0.25) is 0 Å². The number of halogens is 1. The van der Waals surface area contributed by atoms with Gasteiger partial charge in [0, 0.05) is 7.11 Å². The number of amides is 2. The Balaban J connectivity index is 1.85. The lowest BCUT2D eigenvalue weighted by Gasteiger charge is -2.12. The zero-order valence-corrected chi connectivity index (χ0v) is 16.7. The predicted molar refractivity (Wildman–Crippen MR) is 104 cm³/mol. The number of nitrogens with one attached hydrogen (secondary N) is 2. The topological polar surface area (TPSA) is 85.9 Å². The highest BCUT2D eigenvalue weighted by molar-refractivity contribution is 9.10. The largest absolute Gasteiger partial charge is 0.490 e. The molecule has 144 valence electrons. The van der Waals surface area contributed by atoms with Gasteiger partial charge in [-0.1, -0.05) is 18.2 Å². The van der Waals surface area contributed by atoms with Crippen LogP contribution in [0.25, 0.3) is 0 Å². The number of hydrazine groups is 1. The second-order valence-electron chi connectivity index (χ2n) is 5.56. The summed E-state index contributed by atoms with van der Waals surface area (Å²) < 4.78 is 16.6. The van der Waals surface area contributed by atoms with Crippen LogP contribution < -0.4 is 20.3 Å². The van der Waals surface area contributed by atoms with Gasteiger partial charge in [0.25, 0.3) is 11.8 Å². The molecule has 2 N–H and O–H groups in total. The Morgan fingerprint density at radius 2 is 1.78 bits per heavy atom. The van der Waals surface area contributed by atoms with Crippen LogP contribution in [0.15, 0.2) is 46.9 Å². The van der Waals surface area contributed by atoms with Gasteiger partial charge in [-0.2, -0.15) is 0 Å². The first-order chi connectivity index (χ1) is 13.0. The third kappa shape index (κ3) is 6.58. The number of hydrogen-bond acceptors (Lipinski definition) is 5. The summed E-state index contributed by atoms with van der Waals surface area (Å²) in [5.41, 5.74) is 6.03. The smallest absolute Gasteiger partial charge is 0.276 e. The first-order valence-corrected chi connectivity index (χ1v) is 8.99. The highest BCUT2D eigenvalue weighted by atomic mass is 79.9. The fourth-order valence-electron chi connectivity index (χ4n) is 2.11. The Kier molecular flexibility index (Phi) is 8.09. The van der Waals surface area contributed by atoms with Crippen LogP contribution in [0.1, 0.15) is 15.9 Å². The first kappa shape index (κ1) is 20.7. The maximum Gasteiger partial charge on any atom is 0.276 e. The number of rotatable bonds is 8. The third-order valence-electron chi connectivity index (χ3n) is 3.44. The lowest BCUT2D eigenvalue weighted by Crippen LogP contribution is -2.44. The fraction of sp³-hybridized carbons (Fsp3) is 0.263. The molecular weight excluding hydrogens is 416 g/mol. The van der Waals surface area contributed by atoms with Crippen LogP contribution in [0.5, 0.6) is 11.5 Å². The van der Waals surface area contributed by atoms with E-state index in [1.165, 1.54) is 0 Å². The van der Waals surface area contributed by atoms with Gasteiger partial charge < -0.3 is 14.2 Å². The number of hydrogen-bond donors (Lipinski definition) is 2. The van der Waals surface area contributed by atoms with Crippen LogP contribution in [0, 0.1) is 6.92 Å². The summed E-state index contributed by atoms with van der Waals surface area (Å²) in [5, 5.41) is 0. The van der Waals surface area contributed by atoms with Gasteiger partial charge in [-0.3, -0.25) is 20.4 Å². The van der Waals surface area contributed by atoms with Crippen LogP contribution in [-0.4, -0.2) is 38.7 Å². The lowest BCUT2D eigenvalue weighted by molar-refractivity contribution is -0.123. The molecule has 0 fully saturated rings. The number of ether oxygens (including phenoxy) is 3. The van der Waals surface area contributed by atoms with Crippen molar-refractivity contribution in [1.82, 2.24) is 10.9 Å². The molecular formula is C19H21BrN2O5. The van der Waals surface area contributed by atoms with Crippen LogP contribution in [0.4, 0.5) is 0 Å². The molecule has 0 spiro atoms. The van der Waals surface area contributed by atoms with Gasteiger partial charge in [-0.15, -0.1) is 0 Å². The summed E-state index contributed by atoms with van der Waals surface area (Å²) in [5.74, 6) is -0.0402. The molecule has 0 saturated heterocycles. The van der Waals surface area contributed by atoms with Gasteiger partial charge in [0.05, 0.1) is 16.6 Å². The molecule has 0 saturated carbocycles. The number of carbonyl (C=O) groups excluding carboxylic acids is 2. The second-order valence-corrected chi connectivity index (χ2v) is 6.42. The minimum absolute atomic E-state index is 0.242. The van der Waals surface area contributed by atoms with Crippen LogP contribution >= 0.6 is 15.9 Å². The van der Waals surface area contributed by atoms with E-state index in [0.29, 0.717) is 30.3 Å². The third-order valence-corrected chi connectivity index (χ3v) is 4.06. The van der Waals surface area contributed by atoms with Crippen molar-refractivity contribution in [3.63, 3.8) is 0 Å². The summed E-state index contributed by atoms with van der Waals surface area (Å²) in [6, 6.07) is 12.3. The van der Waals surface area contributed by atoms with E-state index in [1.807, 2.05) is 19.1 Å². The molecule has 2 aromatic rings. The summed E-state index contributed by atoms with van der Waals surface area (Å²) >= 11 is 3.37. The van der Waals surface area contributed by atoms with Crippen LogP contribution in [0.2, 0.25) is 0 Å². The molecule has 0 unspecified atom stereocenters. The standard InChI is InChI=1S/C19H21BrN2O5/c1-13-7-8-17(15(20)11-13)27-12-18(23)21-22-19(24)14-5-3-4-6-16(14)26-10-9-25-2/h3-8,11H,9-10,12H2,1-2H3,(H,21,23)(H,22,24). The van der Waals surface area contributed by atoms with Crippen molar-refractivity contribution in [3.05, 3.63) is 58.1 Å². The molecule has 7 nitrogen and oxygen atoms in total. The van der Waals surface area contributed by atoms with E-state index in [-0.39, 0.29) is 6.61 Å². The molecule has 0 bridgehead atoms. The van der Waals surface area contributed by atoms with E-state index < -0.39 is 11.8 Å². The molecule has 2 aromatic carbocycles. The normalized spacial score (nSPS) is 10.2. The minimum Gasteiger partial charge on any atom is -0.490 e. The summed E-state index contributed by atoms with van der Waals surface area (Å²) in [4.78, 5) is 24.2. The van der Waals surface area contributed by atoms with Crippen molar-refractivity contribution in [2.75, 3.05) is 26.9 Å². The quantitative estimate of drug-likeness (QED) is 0.490. The molecule has 0 atom stereocenters. The monoisotopic (exact) mass is 436 g/mol. The van der Waals surface area contributed by atoms with Gasteiger partial charge in [-0.25, -0.2) is 0 Å². The molecule has 0 heterocycles. The van der Waals surface area contributed by atoms with E-state index in [4.69, 9.17) is 14.2 Å². The number of carbonyl (C=O) groups is 2. The van der Waals surface area contributed by atoms with E-state index in [9.17, 15) is 9.59 Å². The van der Waals surface area contributed by atoms with E-state index >= 15 is 0 Å². The Hall–Kier alpha value is -2.58. The van der Waals surface area contributed by atoms with Gasteiger partial charge in [-0.05, 0) is 52.7 Å². The number of para-hydroxylation sites is 1. The average Bonchev–Trinajstić information content (AvgIpc) is 2.66. The van der Waals surface area contributed by atoms with Crippen LogP contribution in [0.3, 0.4) is 0 Å². The van der Waals surface area contributed by atoms with Gasteiger partial charge in [0.1, 0.15) is 18.1 Å². The molecule has 8 heteroatoms. The lowest BCUT2D eigenvalue weighted by atomic mass is 10.2. The molecule has 0 radical (unpaired) electrons. The average molecular weight is 437 g/mol. The van der Waals surface area contributed by atoms with Gasteiger partial charge >= 0.3 is 0 Å². The van der Waals surface area contributed by atoms with E-state index in [0.717, 1.165) is 10.0 Å². The molecule has 0 aliphatic rings. The van der Waals surface area contributed by atoms with Crippen molar-refractivity contribution in [2.45, 2.75) is 6.92 Å². The highest BCUT2D eigenvalue weighted by Gasteiger charge is 2.13. The molecule has 2 amide bonds. The zero-order valence-electron chi connectivity index (χ0n) is 15.1. The van der Waals surface area contributed by atoms with Crippen LogP contribution in [-0.2, 0) is 9.53 Å². The Morgan fingerprint density at radius 3 is 2.52 bits per heavy atom. The molecule has 0 aliphatic heterocycles. The second kappa shape index (κ2) is 10.5. The number of aryl methyl sites for hydroxylation is 1. The van der Waals surface area contributed by atoms with Gasteiger partial charge in [0.15, 0.2) is 6.61 Å². The highest BCUT2D eigenvalue weighted by Crippen LogP contribution is 2.25. The maximum absolute atomic E-state index is 12.3. The molecule has 2 rings (SSSR count). The van der Waals surface area contributed by atoms with Crippen molar-refractivity contribution in [2.24, 2.45) is 0 Å². The van der Waals surface area contributed by atoms with Crippen molar-refractivity contribution < 1.29 is 23.8 Å². The molecule has 0 aromatic heterocycles. The fourth-order valence-corrected chi connectivity index (χ4v) is 2.72. The summed E-state index contributed by atoms with van der Waals surface area (Å²) in [6.45, 7) is 2.42. The minimum atomic E-state index is -0.493. The van der Waals surface area contributed by atoms with Crippen molar-refractivity contribution >= 4 is 27.7 Å². The van der Waals surface area contributed by atoms with E-state index in [1.54, 1.807) is 37.4 Å². The predicted octanol–water partition coefficient (Wildman–Crippen LogP) is 2.62. The Labute approximate surface area is 166 Å². The Bertz CT molecular complexity index is 797. The maximum atomic E-state index is 12.3. The summed E-state index contributed by atoms with van der Waals surface area (Å²) in [6.07, 6.45) is 0. The molecule has 0 aliphatic carbocycles. The molecule has 27 heavy (non-hydrogen) atoms. The Morgan fingerprint density at radius 1 is 1.00 bits per heavy atom. The SMILES string of the molecule is COCCOc1ccccc1C(=O)NNC(=O)COc1ccc(C)cc1Br. The number of methoxy groups -OCH3 is 1. The van der Waals surface area contributed by atoms with Crippen molar-refractivity contribution in [3.8, 4) is 11.5 Å². The zero-order chi connectivity index (χ0) is 19.6. The summed E-state index contributed by atoms with van der Waals surface area (Å²) in [7, 11) is 1.56. The number of benzene rings is 2. The van der Waals surface area contributed by atoms with E-state index in [2.05, 4.69) is 26.8 Å². The first-order valence-electron chi connectivity index (χ1n) is 8.20. The van der Waals surface area contributed by atoms with Crippen molar-refractivity contribution in [1.29, 1.82) is 0 Å².